The molecule has 2 aromatic rings. The van der Waals surface area contributed by atoms with E-state index in [2.05, 4.69) is 15.6 Å². The maximum absolute atomic E-state index is 12.3. The third kappa shape index (κ3) is 3.64. The molecule has 1 aromatic carbocycles. The Balaban J connectivity index is 2.18. The van der Waals surface area contributed by atoms with Crippen molar-refractivity contribution in [2.75, 3.05) is 6.61 Å². The molecule has 0 radical (unpaired) electrons. The van der Waals surface area contributed by atoms with Crippen molar-refractivity contribution in [3.8, 4) is 5.69 Å². The summed E-state index contributed by atoms with van der Waals surface area (Å²) in [6, 6.07) is 7.18. The fourth-order valence-corrected chi connectivity index (χ4v) is 2.26. The van der Waals surface area contributed by atoms with Gasteiger partial charge in [-0.1, -0.05) is 35.9 Å². The van der Waals surface area contributed by atoms with Crippen molar-refractivity contribution in [2.45, 2.75) is 32.2 Å². The van der Waals surface area contributed by atoms with E-state index in [0.717, 1.165) is 0 Å². The molecule has 0 saturated heterocycles. The Bertz CT molecular complexity index is 658. The molecule has 2 rings (SSSR count). The van der Waals surface area contributed by atoms with Gasteiger partial charge in [-0.2, -0.15) is 0 Å². The number of benzene rings is 1. The van der Waals surface area contributed by atoms with E-state index in [9.17, 15) is 4.79 Å². The smallest absolute Gasteiger partial charge is 0.273 e. The Morgan fingerprint density at radius 1 is 1.45 bits per heavy atom. The third-order valence-corrected chi connectivity index (χ3v) is 4.00. The van der Waals surface area contributed by atoms with Crippen LogP contribution >= 0.6 is 11.6 Å². The summed E-state index contributed by atoms with van der Waals surface area (Å²) in [6.45, 7) is 3.85. The van der Waals surface area contributed by atoms with E-state index in [4.69, 9.17) is 16.7 Å². The Kier molecular flexibility index (Phi) is 5.15. The number of carbonyl (C=O) groups is 1. The molecule has 1 aromatic heterocycles. The van der Waals surface area contributed by atoms with Gasteiger partial charge in [-0.3, -0.25) is 4.79 Å². The van der Waals surface area contributed by atoms with E-state index in [0.29, 0.717) is 23.6 Å². The average molecular weight is 323 g/mol. The van der Waals surface area contributed by atoms with E-state index < -0.39 is 5.54 Å². The van der Waals surface area contributed by atoms with Crippen LogP contribution in [0.2, 0.25) is 5.02 Å². The van der Waals surface area contributed by atoms with Crippen LogP contribution in [-0.4, -0.2) is 38.2 Å². The molecule has 1 heterocycles. The number of nitrogens with zero attached hydrogens (tertiary/aromatic N) is 3. The van der Waals surface area contributed by atoms with Crippen molar-refractivity contribution in [1.82, 2.24) is 20.3 Å². The van der Waals surface area contributed by atoms with Gasteiger partial charge in [0, 0.05) is 12.1 Å². The molecule has 0 saturated carbocycles. The van der Waals surface area contributed by atoms with Crippen molar-refractivity contribution in [1.29, 1.82) is 0 Å². The van der Waals surface area contributed by atoms with Gasteiger partial charge < -0.3 is 10.4 Å². The summed E-state index contributed by atoms with van der Waals surface area (Å²) in [5.74, 6) is -0.323. The molecule has 0 bridgehead atoms. The highest BCUT2D eigenvalue weighted by atomic mass is 35.5. The molecule has 1 unspecified atom stereocenters. The lowest BCUT2D eigenvalue weighted by Crippen LogP contribution is -2.46. The van der Waals surface area contributed by atoms with Crippen LogP contribution in [0.25, 0.3) is 5.69 Å². The number of para-hydroxylation sites is 1. The molecule has 2 N–H and O–H groups in total. The number of carbonyl (C=O) groups excluding carboxylic acids is 1. The lowest BCUT2D eigenvalue weighted by atomic mass is 9.95. The molecule has 118 valence electrons. The summed E-state index contributed by atoms with van der Waals surface area (Å²) in [5.41, 5.74) is 0.391. The van der Waals surface area contributed by atoms with Crippen LogP contribution in [0.1, 0.15) is 37.2 Å². The Morgan fingerprint density at radius 2 is 2.18 bits per heavy atom. The van der Waals surface area contributed by atoms with Gasteiger partial charge >= 0.3 is 0 Å². The first-order valence-corrected chi connectivity index (χ1v) is 7.47. The van der Waals surface area contributed by atoms with Crippen molar-refractivity contribution in [2.24, 2.45) is 0 Å². The topological polar surface area (TPSA) is 80.0 Å². The average Bonchev–Trinajstić information content (AvgIpc) is 2.97. The van der Waals surface area contributed by atoms with Crippen molar-refractivity contribution in [3.05, 3.63) is 41.2 Å². The lowest BCUT2D eigenvalue weighted by Gasteiger charge is -2.28. The van der Waals surface area contributed by atoms with Crippen LogP contribution < -0.4 is 5.32 Å². The first-order chi connectivity index (χ1) is 10.5. The second kappa shape index (κ2) is 6.89. The Morgan fingerprint density at radius 3 is 2.82 bits per heavy atom. The summed E-state index contributed by atoms with van der Waals surface area (Å²) in [7, 11) is 0. The molecule has 0 aliphatic carbocycles. The van der Waals surface area contributed by atoms with Crippen LogP contribution in [0.4, 0.5) is 0 Å². The zero-order chi connectivity index (χ0) is 16.2. The Hall–Kier alpha value is -1.92. The number of nitrogens with one attached hydrogen (secondary N) is 1. The lowest BCUT2D eigenvalue weighted by molar-refractivity contribution is 0.0881. The molecule has 1 atom stereocenters. The van der Waals surface area contributed by atoms with E-state index in [1.54, 1.807) is 12.1 Å². The molecule has 0 spiro atoms. The quantitative estimate of drug-likeness (QED) is 0.854. The monoisotopic (exact) mass is 322 g/mol. The van der Waals surface area contributed by atoms with Gasteiger partial charge in [0.1, 0.15) is 0 Å². The van der Waals surface area contributed by atoms with Crippen LogP contribution in [-0.2, 0) is 0 Å². The molecule has 0 fully saturated rings. The van der Waals surface area contributed by atoms with Crippen LogP contribution in [0, 0.1) is 0 Å². The van der Waals surface area contributed by atoms with Crippen molar-refractivity contribution < 1.29 is 9.90 Å². The van der Waals surface area contributed by atoms with E-state index >= 15 is 0 Å². The molecular formula is C15H19ClN4O2. The fourth-order valence-electron chi connectivity index (χ4n) is 2.04. The highest BCUT2D eigenvalue weighted by molar-refractivity contribution is 6.32. The molecule has 0 aliphatic rings. The predicted molar refractivity (Wildman–Crippen MR) is 84.2 cm³/mol. The summed E-state index contributed by atoms with van der Waals surface area (Å²) in [5, 5.41) is 20.4. The number of aliphatic hydroxyl groups excluding tert-OH is 1. The van der Waals surface area contributed by atoms with Gasteiger partial charge in [0.05, 0.1) is 16.9 Å². The Labute approximate surface area is 134 Å². The highest BCUT2D eigenvalue weighted by Crippen LogP contribution is 2.19. The third-order valence-electron chi connectivity index (χ3n) is 3.68. The van der Waals surface area contributed by atoms with Crippen molar-refractivity contribution in [3.63, 3.8) is 0 Å². The second-order valence-electron chi connectivity index (χ2n) is 5.34. The van der Waals surface area contributed by atoms with Gasteiger partial charge in [-0.15, -0.1) is 5.10 Å². The summed E-state index contributed by atoms with van der Waals surface area (Å²) in [4.78, 5) is 12.3. The van der Waals surface area contributed by atoms with Gasteiger partial charge in [0.2, 0.25) is 0 Å². The van der Waals surface area contributed by atoms with Gasteiger partial charge in [-0.05, 0) is 31.9 Å². The second-order valence-corrected chi connectivity index (χ2v) is 5.75. The molecule has 6 nitrogen and oxygen atoms in total. The van der Waals surface area contributed by atoms with Crippen molar-refractivity contribution >= 4 is 17.5 Å². The highest BCUT2D eigenvalue weighted by Gasteiger charge is 2.25. The first kappa shape index (κ1) is 16.5. The van der Waals surface area contributed by atoms with E-state index in [-0.39, 0.29) is 18.2 Å². The van der Waals surface area contributed by atoms with Crippen LogP contribution in [0.15, 0.2) is 30.5 Å². The predicted octanol–water partition coefficient (Wildman–Crippen LogP) is 2.20. The minimum Gasteiger partial charge on any atom is -0.396 e. The van der Waals surface area contributed by atoms with Gasteiger partial charge in [0.25, 0.3) is 5.91 Å². The molecule has 7 heteroatoms. The number of amides is 1. The maximum atomic E-state index is 12.3. The van der Waals surface area contributed by atoms with Gasteiger partial charge in [-0.25, -0.2) is 4.68 Å². The van der Waals surface area contributed by atoms with E-state index in [1.807, 2.05) is 26.0 Å². The number of aliphatic hydroxyl groups is 1. The van der Waals surface area contributed by atoms with Crippen LogP contribution in [0.5, 0.6) is 0 Å². The standard InChI is InChI=1S/C15H19ClN4O2/c1-3-15(2,8-9-21)17-14(22)12-10-20(19-18-12)13-7-5-4-6-11(13)16/h4-7,10,21H,3,8-9H2,1-2H3,(H,17,22). The summed E-state index contributed by atoms with van der Waals surface area (Å²) < 4.78 is 1.46. The zero-order valence-electron chi connectivity index (χ0n) is 12.6. The first-order valence-electron chi connectivity index (χ1n) is 7.09. The summed E-state index contributed by atoms with van der Waals surface area (Å²) in [6.07, 6.45) is 2.72. The molecule has 1 amide bonds. The minimum atomic E-state index is -0.472. The summed E-state index contributed by atoms with van der Waals surface area (Å²) >= 11 is 6.10. The molecular weight excluding hydrogens is 304 g/mol. The molecule has 0 aliphatic heterocycles. The van der Waals surface area contributed by atoms with E-state index in [1.165, 1.54) is 10.9 Å². The largest absolute Gasteiger partial charge is 0.396 e. The molecule has 22 heavy (non-hydrogen) atoms. The normalized spacial score (nSPS) is 13.6. The van der Waals surface area contributed by atoms with Crippen LogP contribution in [0.3, 0.4) is 0 Å². The number of aromatic nitrogens is 3. The minimum absolute atomic E-state index is 0.0108. The number of halogens is 1. The zero-order valence-corrected chi connectivity index (χ0v) is 13.3. The maximum Gasteiger partial charge on any atom is 0.273 e. The SMILES string of the molecule is CCC(C)(CCO)NC(=O)c1cn(-c2ccccc2Cl)nn1. The fraction of sp³-hybridized carbons (Fsp3) is 0.400. The number of rotatable bonds is 6. The number of hydrogen-bond acceptors (Lipinski definition) is 4. The number of hydrogen-bond donors (Lipinski definition) is 2. The van der Waals surface area contributed by atoms with Gasteiger partial charge in [0.15, 0.2) is 5.69 Å².